The zero-order valence-corrected chi connectivity index (χ0v) is 19.2. The van der Waals surface area contributed by atoms with Crippen molar-refractivity contribution in [3.8, 4) is 0 Å². The van der Waals surface area contributed by atoms with Gasteiger partial charge in [-0.25, -0.2) is 9.97 Å². The smallest absolute Gasteiger partial charge is 0.255 e. The average Bonchev–Trinajstić information content (AvgIpc) is 2.70. The van der Waals surface area contributed by atoms with Gasteiger partial charge in [-0.2, -0.15) is 0 Å². The van der Waals surface area contributed by atoms with Crippen LogP contribution in [0.3, 0.4) is 0 Å². The van der Waals surface area contributed by atoms with Crippen molar-refractivity contribution in [2.45, 2.75) is 64.1 Å². The van der Waals surface area contributed by atoms with Gasteiger partial charge in [0.2, 0.25) is 0 Å². The second-order valence-corrected chi connectivity index (χ2v) is 9.44. The minimum absolute atomic E-state index is 0.0901. The summed E-state index contributed by atoms with van der Waals surface area (Å²) >= 11 is 1.50. The first-order chi connectivity index (χ1) is 13.7. The Morgan fingerprint density at radius 1 is 1.24 bits per heavy atom. The van der Waals surface area contributed by atoms with Gasteiger partial charge < -0.3 is 5.32 Å². The molecule has 1 aromatic carbocycles. The Bertz CT molecular complexity index is 894. The van der Waals surface area contributed by atoms with E-state index in [4.69, 9.17) is 0 Å². The summed E-state index contributed by atoms with van der Waals surface area (Å²) in [5, 5.41) is 3.90. The third kappa shape index (κ3) is 4.81. The maximum Gasteiger partial charge on any atom is 0.255 e. The molecule has 0 unspecified atom stereocenters. The molecule has 1 amide bonds. The maximum absolute atomic E-state index is 13.0. The molecular weight excluding hydrogens is 380 g/mol. The molecule has 0 spiro atoms. The van der Waals surface area contributed by atoms with Crippen molar-refractivity contribution in [1.29, 1.82) is 0 Å². The van der Waals surface area contributed by atoms with Crippen LogP contribution in [0.1, 0.15) is 66.6 Å². The summed E-state index contributed by atoms with van der Waals surface area (Å²) in [6.45, 7) is 12.9. The fraction of sp³-hybridized carbons (Fsp3) is 0.522. The number of amides is 1. The van der Waals surface area contributed by atoms with Crippen LogP contribution in [-0.4, -0.2) is 45.7 Å². The summed E-state index contributed by atoms with van der Waals surface area (Å²) in [6.07, 6.45) is 3.01. The van der Waals surface area contributed by atoms with Crippen molar-refractivity contribution in [3.63, 3.8) is 0 Å². The highest BCUT2D eigenvalue weighted by Crippen LogP contribution is 2.26. The number of benzene rings is 1. The predicted molar refractivity (Wildman–Crippen MR) is 120 cm³/mol. The third-order valence-electron chi connectivity index (χ3n) is 5.68. The zero-order chi connectivity index (χ0) is 21.2. The number of rotatable bonds is 6. The Balaban J connectivity index is 1.72. The van der Waals surface area contributed by atoms with Gasteiger partial charge in [-0.15, -0.1) is 11.8 Å². The van der Waals surface area contributed by atoms with Crippen molar-refractivity contribution in [3.05, 3.63) is 52.5 Å². The zero-order valence-electron chi connectivity index (χ0n) is 18.4. The van der Waals surface area contributed by atoms with E-state index in [1.54, 1.807) is 0 Å². The highest BCUT2D eigenvalue weighted by molar-refractivity contribution is 7.98. The molecule has 2 aromatic rings. The molecule has 0 saturated heterocycles. The first-order valence-corrected chi connectivity index (χ1v) is 11.5. The van der Waals surface area contributed by atoms with E-state index in [0.29, 0.717) is 12.1 Å². The quantitative estimate of drug-likeness (QED) is 0.569. The molecule has 0 atom stereocenters. The van der Waals surface area contributed by atoms with E-state index in [1.807, 2.05) is 13.2 Å². The maximum atomic E-state index is 13.0. The highest BCUT2D eigenvalue weighted by Gasteiger charge is 2.31. The van der Waals surface area contributed by atoms with E-state index in [-0.39, 0.29) is 17.4 Å². The molecule has 1 aromatic heterocycles. The fourth-order valence-electron chi connectivity index (χ4n) is 3.74. The number of aryl methyl sites for hydroxylation is 1. The van der Waals surface area contributed by atoms with Crippen LogP contribution in [0, 0.1) is 6.92 Å². The number of nitrogens with zero attached hydrogens (tertiary/aromatic N) is 3. The number of nitrogens with one attached hydrogen (secondary N) is 1. The van der Waals surface area contributed by atoms with Gasteiger partial charge in [-0.3, -0.25) is 9.69 Å². The average molecular weight is 413 g/mol. The number of aromatic nitrogens is 2. The largest absolute Gasteiger partial charge is 0.350 e. The van der Waals surface area contributed by atoms with Gasteiger partial charge in [0.25, 0.3) is 5.91 Å². The number of fused-ring (bicyclic) bond motifs is 1. The summed E-state index contributed by atoms with van der Waals surface area (Å²) in [7, 11) is 0. The summed E-state index contributed by atoms with van der Waals surface area (Å²) in [5.74, 6) is 0.931. The number of hydrogen-bond acceptors (Lipinski definition) is 5. The molecule has 3 rings (SSSR count). The molecule has 0 fully saturated rings. The normalized spacial score (nSPS) is 14.7. The number of hydrogen-bond donors (Lipinski definition) is 1. The van der Waals surface area contributed by atoms with Crippen molar-refractivity contribution < 1.29 is 4.79 Å². The van der Waals surface area contributed by atoms with Crippen LogP contribution in [0.2, 0.25) is 0 Å². The topological polar surface area (TPSA) is 58.1 Å². The Hall–Kier alpha value is -1.92. The molecule has 29 heavy (non-hydrogen) atoms. The Kier molecular flexibility index (Phi) is 6.64. The molecule has 0 radical (unpaired) electrons. The van der Waals surface area contributed by atoms with Crippen LogP contribution in [-0.2, 0) is 13.0 Å². The Labute approximate surface area is 178 Å². The van der Waals surface area contributed by atoms with Crippen molar-refractivity contribution in [1.82, 2.24) is 20.2 Å². The standard InChI is InChI=1S/C23H32N4OS/c1-15(2)20-25-16(3)19(22(26-20)29-6)21(28)24-14-23(4,5)27-12-11-17-9-7-8-10-18(17)13-27/h7-10,15H,11-14H2,1-6H3,(H,24,28). The second kappa shape index (κ2) is 8.84. The SMILES string of the molecule is CSc1nc(C(C)C)nc(C)c1C(=O)NCC(C)(C)N1CCc2ccccc2C1. The predicted octanol–water partition coefficient (Wildman–Crippen LogP) is 4.20. The number of carbonyl (C=O) groups excluding carboxylic acids is 1. The first kappa shape index (κ1) is 21.8. The lowest BCUT2D eigenvalue weighted by molar-refractivity contribution is 0.0822. The van der Waals surface area contributed by atoms with E-state index in [1.165, 1.54) is 22.9 Å². The monoisotopic (exact) mass is 412 g/mol. The lowest BCUT2D eigenvalue weighted by Gasteiger charge is -2.41. The number of carbonyl (C=O) groups is 1. The van der Waals surface area contributed by atoms with Gasteiger partial charge in [0, 0.05) is 31.1 Å². The van der Waals surface area contributed by atoms with Crippen LogP contribution < -0.4 is 5.32 Å². The molecule has 2 heterocycles. The number of thioether (sulfide) groups is 1. The summed E-state index contributed by atoms with van der Waals surface area (Å²) in [5.41, 5.74) is 4.02. The molecule has 6 heteroatoms. The fourth-order valence-corrected chi connectivity index (χ4v) is 4.37. The van der Waals surface area contributed by atoms with Gasteiger partial charge in [-0.05, 0) is 44.6 Å². The molecule has 0 saturated carbocycles. The van der Waals surface area contributed by atoms with Crippen molar-refractivity contribution in [2.24, 2.45) is 0 Å². The van der Waals surface area contributed by atoms with Crippen LogP contribution in [0.15, 0.2) is 29.3 Å². The molecule has 1 aliphatic rings. The summed E-state index contributed by atoms with van der Waals surface area (Å²) in [4.78, 5) is 24.7. The lowest BCUT2D eigenvalue weighted by Crippen LogP contribution is -2.53. The molecule has 0 bridgehead atoms. The van der Waals surface area contributed by atoms with Crippen LogP contribution in [0.25, 0.3) is 0 Å². The van der Waals surface area contributed by atoms with Gasteiger partial charge in [-0.1, -0.05) is 38.1 Å². The molecular formula is C23H32N4OS. The van der Waals surface area contributed by atoms with Gasteiger partial charge in [0.05, 0.1) is 11.3 Å². The van der Waals surface area contributed by atoms with Gasteiger partial charge >= 0.3 is 0 Å². The minimum Gasteiger partial charge on any atom is -0.350 e. The molecule has 5 nitrogen and oxygen atoms in total. The lowest BCUT2D eigenvalue weighted by atomic mass is 9.94. The van der Waals surface area contributed by atoms with E-state index in [9.17, 15) is 4.79 Å². The Morgan fingerprint density at radius 2 is 1.93 bits per heavy atom. The Morgan fingerprint density at radius 3 is 2.59 bits per heavy atom. The van der Waals surface area contributed by atoms with Gasteiger partial charge in [0.1, 0.15) is 10.9 Å². The molecule has 1 aliphatic heterocycles. The summed E-state index contributed by atoms with van der Waals surface area (Å²) in [6, 6.07) is 8.63. The van der Waals surface area contributed by atoms with Gasteiger partial charge in [0.15, 0.2) is 0 Å². The van der Waals surface area contributed by atoms with Crippen LogP contribution in [0.4, 0.5) is 0 Å². The van der Waals surface area contributed by atoms with E-state index >= 15 is 0 Å². The third-order valence-corrected chi connectivity index (χ3v) is 6.36. The second-order valence-electron chi connectivity index (χ2n) is 8.64. The van der Waals surface area contributed by atoms with E-state index in [2.05, 4.69) is 72.1 Å². The van der Waals surface area contributed by atoms with Crippen LogP contribution >= 0.6 is 11.8 Å². The van der Waals surface area contributed by atoms with E-state index < -0.39 is 0 Å². The highest BCUT2D eigenvalue weighted by atomic mass is 32.2. The van der Waals surface area contributed by atoms with Crippen molar-refractivity contribution in [2.75, 3.05) is 19.3 Å². The van der Waals surface area contributed by atoms with Crippen molar-refractivity contribution >= 4 is 17.7 Å². The first-order valence-electron chi connectivity index (χ1n) is 10.3. The molecule has 0 aliphatic carbocycles. The summed E-state index contributed by atoms with van der Waals surface area (Å²) < 4.78 is 0. The van der Waals surface area contributed by atoms with Crippen LogP contribution in [0.5, 0.6) is 0 Å². The molecule has 1 N–H and O–H groups in total. The minimum atomic E-state index is -0.144. The van der Waals surface area contributed by atoms with E-state index in [0.717, 1.165) is 36.1 Å². The molecule has 156 valence electrons.